The second-order valence-corrected chi connectivity index (χ2v) is 1.50. The predicted molar refractivity (Wildman–Crippen MR) is 32.5 cm³/mol. The van der Waals surface area contributed by atoms with Crippen LogP contribution in [-0.2, 0) is 4.74 Å². The van der Waals surface area contributed by atoms with Crippen molar-refractivity contribution in [2.75, 3.05) is 7.11 Å². The van der Waals surface area contributed by atoms with E-state index in [2.05, 4.69) is 16.0 Å². The zero-order valence-electron chi connectivity index (χ0n) is 5.13. The predicted octanol–water partition coefficient (Wildman–Crippen LogP) is 1.29. The van der Waals surface area contributed by atoms with E-state index in [-0.39, 0.29) is 0 Å². The summed E-state index contributed by atoms with van der Waals surface area (Å²) in [6, 6.07) is 0. The summed E-state index contributed by atoms with van der Waals surface area (Å²) < 4.78 is 9.46. The van der Waals surface area contributed by atoms with Gasteiger partial charge in [0.2, 0.25) is 0 Å². The van der Waals surface area contributed by atoms with E-state index >= 15 is 0 Å². The lowest BCUT2D eigenvalue weighted by Gasteiger charge is -1.95. The Morgan fingerprint density at radius 1 is 1.89 bits per heavy atom. The number of aromatic nitrogens is 1. The topological polar surface area (TPSA) is 35.3 Å². The van der Waals surface area contributed by atoms with E-state index in [1.807, 2.05) is 0 Å². The molecule has 0 aliphatic carbocycles. The van der Waals surface area contributed by atoms with Gasteiger partial charge in [0.15, 0.2) is 6.39 Å². The maximum atomic E-state index is 4.78. The third kappa shape index (κ3) is 1.10. The van der Waals surface area contributed by atoms with Gasteiger partial charge in [-0.1, -0.05) is 6.58 Å². The van der Waals surface area contributed by atoms with E-state index in [0.717, 1.165) is 0 Å². The minimum atomic E-state index is 0.517. The molecule has 1 aromatic heterocycles. The van der Waals surface area contributed by atoms with Gasteiger partial charge in [0, 0.05) is 0 Å². The molecule has 0 bridgehead atoms. The van der Waals surface area contributed by atoms with Gasteiger partial charge in [-0.05, 0) is 0 Å². The first-order valence-corrected chi connectivity index (χ1v) is 2.46. The van der Waals surface area contributed by atoms with E-state index in [4.69, 9.17) is 4.74 Å². The summed E-state index contributed by atoms with van der Waals surface area (Å²) in [7, 11) is 1.54. The van der Waals surface area contributed by atoms with Crippen LogP contribution in [0.15, 0.2) is 23.7 Å². The maximum absolute atomic E-state index is 4.78. The highest BCUT2D eigenvalue weighted by molar-refractivity contribution is 5.51. The van der Waals surface area contributed by atoms with Gasteiger partial charge in [0.05, 0.1) is 7.11 Å². The zero-order chi connectivity index (χ0) is 6.69. The molecule has 0 radical (unpaired) electrons. The number of hydrogen-bond donors (Lipinski definition) is 0. The molecule has 1 aromatic rings. The number of nitrogens with zero attached hydrogens (tertiary/aromatic N) is 1. The van der Waals surface area contributed by atoms with E-state index in [9.17, 15) is 0 Å². The number of hydrogen-bond acceptors (Lipinski definition) is 3. The fourth-order valence-corrected chi connectivity index (χ4v) is 0.455. The molecule has 0 saturated heterocycles. The number of methoxy groups -OCH3 is 1. The Hall–Kier alpha value is -1.25. The average Bonchev–Trinajstić information content (AvgIpc) is 2.37. The molecule has 9 heavy (non-hydrogen) atoms. The van der Waals surface area contributed by atoms with Crippen molar-refractivity contribution < 1.29 is 9.15 Å². The zero-order valence-corrected chi connectivity index (χ0v) is 5.13. The molecule has 0 aliphatic heterocycles. The summed E-state index contributed by atoms with van der Waals surface area (Å²) >= 11 is 0. The molecule has 0 spiro atoms. The van der Waals surface area contributed by atoms with E-state index in [0.29, 0.717) is 11.5 Å². The van der Waals surface area contributed by atoms with Gasteiger partial charge < -0.3 is 9.15 Å². The smallest absolute Gasteiger partial charge is 0.181 e. The summed E-state index contributed by atoms with van der Waals surface area (Å²) in [5, 5.41) is 0. The molecule has 0 fully saturated rings. The van der Waals surface area contributed by atoms with Crippen molar-refractivity contribution >= 4 is 5.76 Å². The lowest BCUT2D eigenvalue weighted by Crippen LogP contribution is -1.82. The van der Waals surface area contributed by atoms with Crippen LogP contribution >= 0.6 is 0 Å². The van der Waals surface area contributed by atoms with Crippen LogP contribution in [0, 0.1) is 0 Å². The average molecular weight is 125 g/mol. The van der Waals surface area contributed by atoms with Crippen LogP contribution in [0.1, 0.15) is 5.69 Å². The van der Waals surface area contributed by atoms with E-state index in [1.165, 1.54) is 19.8 Å². The molecule has 1 rings (SSSR count). The van der Waals surface area contributed by atoms with Crippen molar-refractivity contribution in [3.05, 3.63) is 24.9 Å². The molecule has 0 aromatic carbocycles. The molecule has 3 heteroatoms. The molecule has 0 aliphatic rings. The summed E-state index contributed by atoms with van der Waals surface area (Å²) in [6.07, 6.45) is 2.81. The van der Waals surface area contributed by atoms with Crippen molar-refractivity contribution in [1.29, 1.82) is 0 Å². The van der Waals surface area contributed by atoms with Crippen molar-refractivity contribution in [2.45, 2.75) is 0 Å². The summed E-state index contributed by atoms with van der Waals surface area (Å²) in [4.78, 5) is 3.80. The minimum absolute atomic E-state index is 0.517. The standard InChI is InChI=1S/C6H7NO2/c1-5(8-2)6-3-9-4-7-6/h3-4H,1H2,2H3. The van der Waals surface area contributed by atoms with Gasteiger partial charge in [0.1, 0.15) is 17.7 Å². The van der Waals surface area contributed by atoms with Gasteiger partial charge in [-0.15, -0.1) is 0 Å². The second kappa shape index (κ2) is 2.35. The third-order valence-corrected chi connectivity index (χ3v) is 0.964. The Balaban J connectivity index is 2.77. The fourth-order valence-electron chi connectivity index (χ4n) is 0.455. The van der Waals surface area contributed by atoms with Crippen molar-refractivity contribution in [1.82, 2.24) is 4.98 Å². The second-order valence-electron chi connectivity index (χ2n) is 1.50. The first-order chi connectivity index (χ1) is 4.34. The summed E-state index contributed by atoms with van der Waals surface area (Å²) in [6.45, 7) is 3.57. The van der Waals surface area contributed by atoms with Gasteiger partial charge in [-0.3, -0.25) is 0 Å². The van der Waals surface area contributed by atoms with E-state index in [1.54, 1.807) is 0 Å². The molecule has 0 N–H and O–H groups in total. The highest BCUT2D eigenvalue weighted by Crippen LogP contribution is 2.07. The lowest BCUT2D eigenvalue weighted by atomic mass is 10.4. The molecule has 0 atom stereocenters. The fraction of sp³-hybridized carbons (Fsp3) is 0.167. The highest BCUT2D eigenvalue weighted by Gasteiger charge is 1.98. The molecule has 0 saturated carbocycles. The largest absolute Gasteiger partial charge is 0.495 e. The molecule has 48 valence electrons. The van der Waals surface area contributed by atoms with Crippen molar-refractivity contribution in [3.63, 3.8) is 0 Å². The maximum Gasteiger partial charge on any atom is 0.181 e. The quantitative estimate of drug-likeness (QED) is 0.558. The minimum Gasteiger partial charge on any atom is -0.495 e. The molecular weight excluding hydrogens is 118 g/mol. The highest BCUT2D eigenvalue weighted by atomic mass is 16.5. The third-order valence-electron chi connectivity index (χ3n) is 0.964. The van der Waals surface area contributed by atoms with Gasteiger partial charge in [-0.2, -0.15) is 0 Å². The Labute approximate surface area is 53.0 Å². The van der Waals surface area contributed by atoms with Crippen LogP contribution in [0.2, 0.25) is 0 Å². The van der Waals surface area contributed by atoms with Gasteiger partial charge >= 0.3 is 0 Å². The van der Waals surface area contributed by atoms with Crippen LogP contribution in [0.5, 0.6) is 0 Å². The number of ether oxygens (including phenoxy) is 1. The molecule has 0 unspecified atom stereocenters. The SMILES string of the molecule is C=C(OC)c1cocn1. The van der Waals surface area contributed by atoms with Crippen LogP contribution < -0.4 is 0 Å². The Morgan fingerprint density at radius 3 is 3.11 bits per heavy atom. The molecule has 3 nitrogen and oxygen atoms in total. The molecule has 0 amide bonds. The normalized spacial score (nSPS) is 9.00. The van der Waals surface area contributed by atoms with Gasteiger partial charge in [0.25, 0.3) is 0 Å². The number of oxazole rings is 1. The van der Waals surface area contributed by atoms with Crippen LogP contribution in [0.4, 0.5) is 0 Å². The summed E-state index contributed by atoms with van der Waals surface area (Å²) in [5.74, 6) is 0.517. The Kier molecular flexibility index (Phi) is 1.53. The Bertz CT molecular complexity index is 191. The van der Waals surface area contributed by atoms with Crippen molar-refractivity contribution in [2.24, 2.45) is 0 Å². The summed E-state index contributed by atoms with van der Waals surface area (Å²) in [5.41, 5.74) is 0.637. The van der Waals surface area contributed by atoms with Crippen LogP contribution in [-0.4, -0.2) is 12.1 Å². The van der Waals surface area contributed by atoms with Crippen LogP contribution in [0.25, 0.3) is 5.76 Å². The Morgan fingerprint density at radius 2 is 2.67 bits per heavy atom. The van der Waals surface area contributed by atoms with Crippen LogP contribution in [0.3, 0.4) is 0 Å². The number of rotatable bonds is 2. The first kappa shape index (κ1) is 5.88. The first-order valence-electron chi connectivity index (χ1n) is 2.46. The lowest BCUT2D eigenvalue weighted by molar-refractivity contribution is 0.369. The van der Waals surface area contributed by atoms with E-state index < -0.39 is 0 Å². The monoisotopic (exact) mass is 125 g/mol. The molecule has 1 heterocycles. The van der Waals surface area contributed by atoms with Crippen molar-refractivity contribution in [3.8, 4) is 0 Å². The van der Waals surface area contributed by atoms with Gasteiger partial charge in [-0.25, -0.2) is 4.98 Å². The molecular formula is C6H7NO2.